The highest BCUT2D eigenvalue weighted by Gasteiger charge is 2.32. The van der Waals surface area contributed by atoms with Crippen LogP contribution in [0.3, 0.4) is 0 Å². The summed E-state index contributed by atoms with van der Waals surface area (Å²) in [5.74, 6) is -1.43. The molecule has 0 saturated carbocycles. The van der Waals surface area contributed by atoms with Crippen LogP contribution in [0.2, 0.25) is 0 Å². The van der Waals surface area contributed by atoms with Gasteiger partial charge in [0.2, 0.25) is 0 Å². The average Bonchev–Trinajstić information content (AvgIpc) is 3.15. The Kier molecular flexibility index (Phi) is 4.73. The third-order valence-corrected chi connectivity index (χ3v) is 4.45. The lowest BCUT2D eigenvalue weighted by Crippen LogP contribution is -2.22. The predicted molar refractivity (Wildman–Crippen MR) is 97.7 cm³/mol. The molecule has 0 spiro atoms. The first-order chi connectivity index (χ1) is 12.3. The van der Waals surface area contributed by atoms with Crippen molar-refractivity contribution in [1.29, 1.82) is 0 Å². The number of thiocarbonyl (C=S) groups is 1. The van der Waals surface area contributed by atoms with Gasteiger partial charge in [-0.2, -0.15) is 10.1 Å². The number of aromatic hydroxyl groups is 2. The maximum atomic E-state index is 12.4. The van der Waals surface area contributed by atoms with Crippen LogP contribution in [0.5, 0.6) is 11.5 Å². The highest BCUT2D eigenvalue weighted by atomic mass is 32.2. The molecule has 1 fully saturated rings. The van der Waals surface area contributed by atoms with Gasteiger partial charge in [0.1, 0.15) is 4.92 Å². The second kappa shape index (κ2) is 6.98. The van der Waals surface area contributed by atoms with Crippen LogP contribution in [0.15, 0.2) is 44.8 Å². The van der Waals surface area contributed by atoms with E-state index in [-0.39, 0.29) is 26.5 Å². The van der Waals surface area contributed by atoms with E-state index in [0.717, 1.165) is 23.0 Å². The third kappa shape index (κ3) is 3.58. The predicted octanol–water partition coefficient (Wildman–Crippen LogP) is 2.83. The van der Waals surface area contributed by atoms with Crippen molar-refractivity contribution in [2.24, 2.45) is 5.10 Å². The standard InChI is InChI=1S/C15H9N3O6S2/c19-10-3-1-8(5-11(10)20)6-12-14(21)17(15(25)26-12)16-7-9-2-4-13(24-9)18(22)23/h1-7,19-20H/b12-6+,16-7+. The van der Waals surface area contributed by atoms with Gasteiger partial charge in [-0.25, -0.2) is 0 Å². The number of carbonyl (C=O) groups is 1. The van der Waals surface area contributed by atoms with Gasteiger partial charge in [0.25, 0.3) is 5.91 Å². The van der Waals surface area contributed by atoms with Gasteiger partial charge in [-0.15, -0.1) is 0 Å². The van der Waals surface area contributed by atoms with Crippen molar-refractivity contribution in [2.45, 2.75) is 0 Å². The molecule has 2 heterocycles. The fourth-order valence-corrected chi connectivity index (χ4v) is 3.14. The van der Waals surface area contributed by atoms with E-state index in [1.807, 2.05) is 0 Å². The van der Waals surface area contributed by atoms with Gasteiger partial charge in [0.15, 0.2) is 21.6 Å². The molecule has 1 amide bonds. The van der Waals surface area contributed by atoms with E-state index in [1.165, 1.54) is 36.4 Å². The summed E-state index contributed by atoms with van der Waals surface area (Å²) in [5, 5.41) is 34.3. The molecule has 0 bridgehead atoms. The van der Waals surface area contributed by atoms with Crippen LogP contribution in [0, 0.1) is 10.1 Å². The minimum absolute atomic E-state index is 0.0955. The van der Waals surface area contributed by atoms with E-state index in [1.54, 1.807) is 0 Å². The normalized spacial score (nSPS) is 16.2. The molecule has 1 aliphatic heterocycles. The van der Waals surface area contributed by atoms with Gasteiger partial charge in [0.05, 0.1) is 17.2 Å². The second-order valence-corrected chi connectivity index (χ2v) is 6.60. The molecular weight excluding hydrogens is 382 g/mol. The van der Waals surface area contributed by atoms with E-state index in [9.17, 15) is 25.1 Å². The van der Waals surface area contributed by atoms with E-state index < -0.39 is 16.7 Å². The number of rotatable bonds is 4. The van der Waals surface area contributed by atoms with Crippen molar-refractivity contribution in [1.82, 2.24) is 5.01 Å². The molecule has 9 nitrogen and oxygen atoms in total. The van der Waals surface area contributed by atoms with Gasteiger partial charge < -0.3 is 14.6 Å². The molecule has 2 aromatic rings. The van der Waals surface area contributed by atoms with Gasteiger partial charge in [0, 0.05) is 0 Å². The fourth-order valence-electron chi connectivity index (χ4n) is 1.96. The van der Waals surface area contributed by atoms with E-state index in [4.69, 9.17) is 16.6 Å². The topological polar surface area (TPSA) is 129 Å². The van der Waals surface area contributed by atoms with Crippen LogP contribution >= 0.6 is 24.0 Å². The molecule has 11 heteroatoms. The summed E-state index contributed by atoms with van der Waals surface area (Å²) in [4.78, 5) is 22.5. The number of hydrogen-bond acceptors (Lipinski definition) is 9. The lowest BCUT2D eigenvalue weighted by atomic mass is 10.2. The fraction of sp³-hybridized carbons (Fsp3) is 0. The van der Waals surface area contributed by atoms with E-state index in [2.05, 4.69) is 5.10 Å². The molecule has 3 rings (SSSR count). The summed E-state index contributed by atoms with van der Waals surface area (Å²) in [6, 6.07) is 6.63. The summed E-state index contributed by atoms with van der Waals surface area (Å²) in [6.45, 7) is 0. The Balaban J connectivity index is 1.79. The monoisotopic (exact) mass is 391 g/mol. The highest BCUT2D eigenvalue weighted by Crippen LogP contribution is 2.34. The minimum atomic E-state index is -0.688. The van der Waals surface area contributed by atoms with Crippen LogP contribution in [-0.2, 0) is 4.79 Å². The second-order valence-electron chi connectivity index (χ2n) is 4.92. The zero-order chi connectivity index (χ0) is 18.8. The van der Waals surface area contributed by atoms with E-state index in [0.29, 0.717) is 5.56 Å². The number of carbonyl (C=O) groups excluding carboxylic acids is 1. The third-order valence-electron chi connectivity index (χ3n) is 3.16. The number of benzene rings is 1. The van der Waals surface area contributed by atoms with Crippen LogP contribution in [0.4, 0.5) is 5.88 Å². The summed E-state index contributed by atoms with van der Waals surface area (Å²) in [7, 11) is 0. The molecule has 2 N–H and O–H groups in total. The number of furan rings is 1. The minimum Gasteiger partial charge on any atom is -0.504 e. The smallest absolute Gasteiger partial charge is 0.433 e. The largest absolute Gasteiger partial charge is 0.504 e. The molecule has 0 unspecified atom stereocenters. The molecule has 26 heavy (non-hydrogen) atoms. The lowest BCUT2D eigenvalue weighted by Gasteiger charge is -2.05. The number of hydrogen-bond donors (Lipinski definition) is 2. The van der Waals surface area contributed by atoms with Crippen LogP contribution in [0.1, 0.15) is 11.3 Å². The van der Waals surface area contributed by atoms with Crippen LogP contribution in [0.25, 0.3) is 6.08 Å². The summed E-state index contributed by atoms with van der Waals surface area (Å²) < 4.78 is 5.09. The quantitative estimate of drug-likeness (QED) is 0.203. The van der Waals surface area contributed by atoms with Gasteiger partial charge in [-0.1, -0.05) is 17.8 Å². The zero-order valence-electron chi connectivity index (χ0n) is 12.7. The van der Waals surface area contributed by atoms with E-state index >= 15 is 0 Å². The lowest BCUT2D eigenvalue weighted by molar-refractivity contribution is -0.402. The zero-order valence-corrected chi connectivity index (χ0v) is 14.4. The molecule has 0 radical (unpaired) electrons. The first-order valence-corrected chi connectivity index (χ1v) is 8.16. The first-order valence-electron chi connectivity index (χ1n) is 6.93. The number of hydrazone groups is 1. The van der Waals surface area contributed by atoms with Gasteiger partial charge >= 0.3 is 5.88 Å². The molecule has 1 aromatic carbocycles. The highest BCUT2D eigenvalue weighted by molar-refractivity contribution is 8.26. The summed E-state index contributed by atoms with van der Waals surface area (Å²) >= 11 is 6.11. The number of nitro groups is 1. The molecule has 0 atom stereocenters. The Bertz CT molecular complexity index is 982. The maximum absolute atomic E-state index is 12.4. The maximum Gasteiger partial charge on any atom is 0.433 e. The summed E-state index contributed by atoms with van der Waals surface area (Å²) in [6.07, 6.45) is 2.64. The van der Waals surface area contributed by atoms with Crippen LogP contribution < -0.4 is 0 Å². The van der Waals surface area contributed by atoms with Crippen molar-refractivity contribution in [3.8, 4) is 11.5 Å². The Morgan fingerprint density at radius 2 is 2.04 bits per heavy atom. The molecule has 132 valence electrons. The van der Waals surface area contributed by atoms with Crippen molar-refractivity contribution < 1.29 is 24.3 Å². The van der Waals surface area contributed by atoms with Crippen molar-refractivity contribution >= 4 is 52.4 Å². The van der Waals surface area contributed by atoms with Gasteiger partial charge in [-0.05, 0) is 42.1 Å². The van der Waals surface area contributed by atoms with Crippen molar-refractivity contribution in [3.05, 3.63) is 56.7 Å². The summed E-state index contributed by atoms with van der Waals surface area (Å²) in [5.41, 5.74) is 0.492. The Labute approximate surface area is 155 Å². The Morgan fingerprint density at radius 3 is 2.69 bits per heavy atom. The van der Waals surface area contributed by atoms with Crippen molar-refractivity contribution in [2.75, 3.05) is 0 Å². The van der Waals surface area contributed by atoms with Gasteiger partial charge in [-0.3, -0.25) is 14.9 Å². The number of phenols is 2. The average molecular weight is 391 g/mol. The molecule has 0 aliphatic carbocycles. The van der Waals surface area contributed by atoms with Crippen LogP contribution in [-0.4, -0.2) is 36.6 Å². The number of amides is 1. The molecule has 1 aromatic heterocycles. The first kappa shape index (κ1) is 17.6. The SMILES string of the molecule is O=C1/C(=C\c2ccc(O)c(O)c2)SC(=S)N1/N=C/c1ccc([N+](=O)[O-])o1. The number of thioether (sulfide) groups is 1. The molecular formula is C15H9N3O6S2. The van der Waals surface area contributed by atoms with Crippen molar-refractivity contribution in [3.63, 3.8) is 0 Å². The molecule has 1 saturated heterocycles. The number of nitrogens with zero attached hydrogens (tertiary/aromatic N) is 3. The Morgan fingerprint density at radius 1 is 1.27 bits per heavy atom. The number of phenolic OH excluding ortho intramolecular Hbond substituents is 2. The molecule has 1 aliphatic rings. The Hall–Kier alpha value is -3.18.